The largest absolute Gasteiger partial charge is 0.467 e. The topological polar surface area (TPSA) is 82.9 Å². The van der Waals surface area contributed by atoms with Gasteiger partial charge in [0.1, 0.15) is 18.3 Å². The first-order valence-corrected chi connectivity index (χ1v) is 8.65. The molecule has 0 spiro atoms. The minimum atomic E-state index is -0.493. The molecule has 0 radical (unpaired) electrons. The zero-order chi connectivity index (χ0) is 18.1. The first-order chi connectivity index (χ1) is 12.6. The molecular weight excluding hydrogens is 334 g/mol. The Hall–Kier alpha value is -3.09. The Balaban J connectivity index is 1.58. The fraction of sp³-hybridized carbons (Fsp3) is 0.316. The van der Waals surface area contributed by atoms with Crippen LogP contribution in [0.5, 0.6) is 0 Å². The van der Waals surface area contributed by atoms with E-state index in [2.05, 4.69) is 5.32 Å². The van der Waals surface area contributed by atoms with E-state index in [-0.39, 0.29) is 30.8 Å². The molecule has 1 saturated heterocycles. The van der Waals surface area contributed by atoms with Crippen molar-refractivity contribution in [2.45, 2.75) is 25.4 Å². The van der Waals surface area contributed by atoms with Gasteiger partial charge in [-0.05, 0) is 37.1 Å². The number of para-hydroxylation sites is 1. The molecule has 7 heteroatoms. The fourth-order valence-electron chi connectivity index (χ4n) is 3.57. The predicted octanol–water partition coefficient (Wildman–Crippen LogP) is 1.55. The molecule has 1 fully saturated rings. The smallest absolute Gasteiger partial charge is 0.256 e. The van der Waals surface area contributed by atoms with E-state index >= 15 is 0 Å². The molecule has 134 valence electrons. The highest BCUT2D eigenvalue weighted by Gasteiger charge is 2.42. The summed E-state index contributed by atoms with van der Waals surface area (Å²) in [4.78, 5) is 41.3. The summed E-state index contributed by atoms with van der Waals surface area (Å²) in [5, 5.41) is 2.75. The molecule has 2 aliphatic heterocycles. The van der Waals surface area contributed by atoms with Crippen LogP contribution in [0.25, 0.3) is 0 Å². The van der Waals surface area contributed by atoms with E-state index < -0.39 is 6.04 Å². The molecular formula is C19H19N3O4. The fourth-order valence-corrected chi connectivity index (χ4v) is 3.57. The Morgan fingerprint density at radius 3 is 2.85 bits per heavy atom. The van der Waals surface area contributed by atoms with Crippen LogP contribution in [-0.4, -0.2) is 41.8 Å². The normalized spacial score (nSPS) is 19.2. The van der Waals surface area contributed by atoms with Crippen molar-refractivity contribution in [2.24, 2.45) is 0 Å². The Kier molecular flexibility index (Phi) is 4.20. The molecule has 1 atom stereocenters. The highest BCUT2D eigenvalue weighted by Crippen LogP contribution is 2.32. The van der Waals surface area contributed by atoms with Crippen molar-refractivity contribution in [1.29, 1.82) is 0 Å². The van der Waals surface area contributed by atoms with Gasteiger partial charge in [0.15, 0.2) is 0 Å². The highest BCUT2D eigenvalue weighted by molar-refractivity contribution is 6.12. The molecule has 0 bridgehead atoms. The van der Waals surface area contributed by atoms with Gasteiger partial charge >= 0.3 is 0 Å². The van der Waals surface area contributed by atoms with Crippen molar-refractivity contribution < 1.29 is 18.8 Å². The second kappa shape index (κ2) is 6.67. The Morgan fingerprint density at radius 2 is 2.04 bits per heavy atom. The van der Waals surface area contributed by atoms with Gasteiger partial charge in [-0.15, -0.1) is 0 Å². The third-order valence-corrected chi connectivity index (χ3v) is 4.83. The number of hydrogen-bond donors (Lipinski definition) is 1. The van der Waals surface area contributed by atoms with E-state index in [0.29, 0.717) is 30.0 Å². The maximum Gasteiger partial charge on any atom is 0.256 e. The molecule has 3 heterocycles. The lowest BCUT2D eigenvalue weighted by Crippen LogP contribution is -2.48. The van der Waals surface area contributed by atoms with Crippen molar-refractivity contribution in [3.05, 3.63) is 54.0 Å². The summed E-state index contributed by atoms with van der Waals surface area (Å²) in [7, 11) is 0. The van der Waals surface area contributed by atoms with E-state index in [1.165, 1.54) is 11.2 Å². The molecule has 26 heavy (non-hydrogen) atoms. The zero-order valence-corrected chi connectivity index (χ0v) is 14.2. The van der Waals surface area contributed by atoms with Gasteiger partial charge in [-0.25, -0.2) is 0 Å². The molecule has 7 nitrogen and oxygen atoms in total. The van der Waals surface area contributed by atoms with Crippen LogP contribution in [0.2, 0.25) is 0 Å². The summed E-state index contributed by atoms with van der Waals surface area (Å²) < 4.78 is 5.20. The number of hydrogen-bond acceptors (Lipinski definition) is 4. The number of furan rings is 1. The van der Waals surface area contributed by atoms with Crippen molar-refractivity contribution in [3.8, 4) is 0 Å². The van der Waals surface area contributed by atoms with Gasteiger partial charge in [-0.3, -0.25) is 14.4 Å². The molecule has 0 saturated carbocycles. The van der Waals surface area contributed by atoms with E-state index in [1.54, 1.807) is 41.3 Å². The van der Waals surface area contributed by atoms with Gasteiger partial charge in [0.25, 0.3) is 5.91 Å². The summed E-state index contributed by atoms with van der Waals surface area (Å²) in [5.74, 6) is -0.00886. The van der Waals surface area contributed by atoms with E-state index in [4.69, 9.17) is 4.42 Å². The molecule has 1 aromatic heterocycles. The molecule has 4 rings (SSSR count). The predicted molar refractivity (Wildman–Crippen MR) is 93.4 cm³/mol. The lowest BCUT2D eigenvalue weighted by atomic mass is 10.1. The van der Waals surface area contributed by atoms with Crippen molar-refractivity contribution in [2.75, 3.05) is 18.0 Å². The van der Waals surface area contributed by atoms with Crippen LogP contribution < -0.4 is 10.2 Å². The van der Waals surface area contributed by atoms with Gasteiger partial charge in [0.2, 0.25) is 11.8 Å². The second-order valence-corrected chi connectivity index (χ2v) is 6.45. The van der Waals surface area contributed by atoms with E-state index in [9.17, 15) is 14.4 Å². The average molecular weight is 353 g/mol. The standard InChI is InChI=1S/C19H19N3O4/c23-17(20-11-13-5-4-10-26-13)12-22-15-7-2-1-6-14(15)18(24)21-9-3-8-16(21)19(22)25/h1-2,4-7,10,16H,3,8-9,11-12H2,(H,20,23). The minimum Gasteiger partial charge on any atom is -0.467 e. The number of rotatable bonds is 4. The number of nitrogens with one attached hydrogen (secondary N) is 1. The molecule has 0 aliphatic carbocycles. The second-order valence-electron chi connectivity index (χ2n) is 6.45. The minimum absolute atomic E-state index is 0.131. The molecule has 2 aliphatic rings. The van der Waals surface area contributed by atoms with Crippen LogP contribution >= 0.6 is 0 Å². The molecule has 1 unspecified atom stereocenters. The van der Waals surface area contributed by atoms with E-state index in [0.717, 1.165) is 6.42 Å². The van der Waals surface area contributed by atoms with Crippen LogP contribution in [0.1, 0.15) is 29.0 Å². The van der Waals surface area contributed by atoms with E-state index in [1.807, 2.05) is 0 Å². The van der Waals surface area contributed by atoms with Gasteiger partial charge in [0, 0.05) is 6.54 Å². The summed E-state index contributed by atoms with van der Waals surface area (Å²) in [5.41, 5.74) is 0.953. The summed E-state index contributed by atoms with van der Waals surface area (Å²) in [6.45, 7) is 0.695. The maximum absolute atomic E-state index is 13.0. The van der Waals surface area contributed by atoms with Gasteiger partial charge in [-0.1, -0.05) is 12.1 Å². The Morgan fingerprint density at radius 1 is 1.19 bits per heavy atom. The quantitative estimate of drug-likeness (QED) is 0.904. The number of anilines is 1. The SMILES string of the molecule is O=C(CN1C(=O)C2CCCN2C(=O)c2ccccc21)NCc1ccco1. The Labute approximate surface area is 150 Å². The zero-order valence-electron chi connectivity index (χ0n) is 14.2. The third kappa shape index (κ3) is 2.85. The molecule has 1 N–H and O–H groups in total. The lowest BCUT2D eigenvalue weighted by Gasteiger charge is -2.25. The molecule has 1 aromatic carbocycles. The lowest BCUT2D eigenvalue weighted by molar-refractivity contribution is -0.125. The number of amides is 3. The van der Waals surface area contributed by atoms with Crippen LogP contribution in [-0.2, 0) is 16.1 Å². The van der Waals surface area contributed by atoms with Crippen LogP contribution in [0, 0.1) is 0 Å². The average Bonchev–Trinajstić information content (AvgIpc) is 3.33. The number of benzene rings is 1. The first-order valence-electron chi connectivity index (χ1n) is 8.65. The number of fused-ring (bicyclic) bond motifs is 2. The van der Waals surface area contributed by atoms with Crippen molar-refractivity contribution in [3.63, 3.8) is 0 Å². The van der Waals surface area contributed by atoms with Gasteiger partial charge in [-0.2, -0.15) is 0 Å². The first kappa shape index (κ1) is 16.4. The van der Waals surface area contributed by atoms with Crippen molar-refractivity contribution in [1.82, 2.24) is 10.2 Å². The summed E-state index contributed by atoms with van der Waals surface area (Å²) >= 11 is 0. The number of carbonyl (C=O) groups is 3. The van der Waals surface area contributed by atoms with Crippen LogP contribution in [0.15, 0.2) is 47.1 Å². The molecule has 3 amide bonds. The third-order valence-electron chi connectivity index (χ3n) is 4.83. The Bertz CT molecular complexity index is 846. The van der Waals surface area contributed by atoms with Crippen LogP contribution in [0.3, 0.4) is 0 Å². The van der Waals surface area contributed by atoms with Crippen LogP contribution in [0.4, 0.5) is 5.69 Å². The summed E-state index contributed by atoms with van der Waals surface area (Å²) in [6, 6.07) is 9.98. The monoisotopic (exact) mass is 353 g/mol. The van der Waals surface area contributed by atoms with Gasteiger partial charge < -0.3 is 19.5 Å². The van der Waals surface area contributed by atoms with Gasteiger partial charge in [0.05, 0.1) is 24.1 Å². The van der Waals surface area contributed by atoms with Crippen molar-refractivity contribution >= 4 is 23.4 Å². The highest BCUT2D eigenvalue weighted by atomic mass is 16.3. The number of carbonyl (C=O) groups excluding carboxylic acids is 3. The summed E-state index contributed by atoms with van der Waals surface area (Å²) in [6.07, 6.45) is 2.96. The molecule has 2 aromatic rings. The number of nitrogens with zero attached hydrogens (tertiary/aromatic N) is 2. The maximum atomic E-state index is 13.0.